The van der Waals surface area contributed by atoms with Crippen molar-refractivity contribution in [1.82, 2.24) is 10.6 Å². The second-order valence-electron chi connectivity index (χ2n) is 13.1. The summed E-state index contributed by atoms with van der Waals surface area (Å²) < 4.78 is 0.923. The van der Waals surface area contributed by atoms with Crippen molar-refractivity contribution in [2.75, 3.05) is 61.4 Å². The molecule has 0 aliphatic heterocycles. The van der Waals surface area contributed by atoms with Crippen LogP contribution >= 0.6 is 0 Å². The van der Waals surface area contributed by atoms with Gasteiger partial charge >= 0.3 is 0 Å². The van der Waals surface area contributed by atoms with Crippen LogP contribution in [0.2, 0.25) is 0 Å². The third-order valence-corrected chi connectivity index (χ3v) is 6.89. The number of hydroxylamine groups is 3. The van der Waals surface area contributed by atoms with Gasteiger partial charge in [-0.05, 0) is 51.4 Å². The fourth-order valence-corrected chi connectivity index (χ4v) is 4.38. The molecule has 2 amide bonds. The van der Waals surface area contributed by atoms with Crippen molar-refractivity contribution >= 4 is 11.8 Å². The molecule has 0 radical (unpaired) electrons. The monoisotopic (exact) mass is 597 g/mol. The molecule has 3 N–H and O–H groups in total. The Morgan fingerprint density at radius 2 is 0.929 bits per heavy atom. The molecular weight excluding hydrogens is 524 g/mol. The molecule has 0 saturated heterocycles. The molecule has 0 saturated carbocycles. The van der Waals surface area contributed by atoms with Gasteiger partial charge in [0.25, 0.3) is 0 Å². The Morgan fingerprint density at radius 3 is 1.31 bits per heavy atom. The molecule has 0 fully saturated rings. The summed E-state index contributed by atoms with van der Waals surface area (Å²) in [6.45, 7) is 7.57. The minimum atomic E-state index is -0.0384. The van der Waals surface area contributed by atoms with Gasteiger partial charge in [0.05, 0.1) is 41.8 Å². The maximum absolute atomic E-state index is 11.6. The molecule has 42 heavy (non-hydrogen) atoms. The van der Waals surface area contributed by atoms with Crippen LogP contribution in [0.4, 0.5) is 0 Å². The molecule has 0 spiro atoms. The first-order valence-electron chi connectivity index (χ1n) is 17.1. The van der Waals surface area contributed by atoms with Crippen molar-refractivity contribution in [2.24, 2.45) is 0 Å². The van der Waals surface area contributed by atoms with E-state index < -0.39 is 0 Å². The average Bonchev–Trinajstić information content (AvgIpc) is 2.91. The first kappa shape index (κ1) is 42.4. The standard InChI is InChI=1S/C18H36N2O.C17H34N2O2/c1-5-6-7-8-9-10-11-12-13-15-18(21)19-16-14-17-20(2,3)4;1-4-5-6-7-8-9-10-11-12-14-17(20)18-15-13-16-19(2,3)21/h6-7H,5,8-17H2,1-4H3;5-6,21H,4,7-16H2,1-3H3/p+2/b7-6+;6-5+. The minimum Gasteiger partial charge on any atom is -0.356 e. The van der Waals surface area contributed by atoms with Gasteiger partial charge in [-0.3, -0.25) is 9.59 Å². The number of carbonyl (C=O) groups excluding carboxylic acids is 2. The zero-order valence-electron chi connectivity index (χ0n) is 29.0. The molecule has 0 aromatic rings. The number of nitrogens with one attached hydrogen (secondary N) is 2. The molecule has 0 atom stereocenters. The SMILES string of the molecule is CC/C=C/CCCCCCCC(=O)NCCC[N+](C)(C)C.CC/C=C/CCCCCCCC(=O)NCCC[N+](C)(C)O. The number of quaternary nitrogens is 2. The van der Waals surface area contributed by atoms with E-state index >= 15 is 0 Å². The average molecular weight is 597 g/mol. The first-order chi connectivity index (χ1) is 19.9. The van der Waals surface area contributed by atoms with Crippen LogP contribution in [0.1, 0.15) is 129 Å². The van der Waals surface area contributed by atoms with Gasteiger partial charge in [-0.2, -0.15) is 4.65 Å². The maximum Gasteiger partial charge on any atom is 0.219 e. The summed E-state index contributed by atoms with van der Waals surface area (Å²) in [4.78, 5) is 23.2. The van der Waals surface area contributed by atoms with Gasteiger partial charge in [0, 0.05) is 38.8 Å². The van der Waals surface area contributed by atoms with Crippen LogP contribution in [0.15, 0.2) is 24.3 Å². The van der Waals surface area contributed by atoms with E-state index in [0.29, 0.717) is 25.9 Å². The zero-order chi connectivity index (χ0) is 32.0. The second kappa shape index (κ2) is 29.4. The van der Waals surface area contributed by atoms with Crippen LogP contribution in [0.25, 0.3) is 0 Å². The van der Waals surface area contributed by atoms with Crippen LogP contribution in [-0.2, 0) is 9.59 Å². The summed E-state index contributed by atoms with van der Waals surface area (Å²) in [6.07, 6.45) is 28.8. The number of rotatable bonds is 26. The van der Waals surface area contributed by atoms with E-state index in [-0.39, 0.29) is 16.5 Å². The third kappa shape index (κ3) is 40.4. The lowest BCUT2D eigenvalue weighted by Crippen LogP contribution is -2.38. The van der Waals surface area contributed by atoms with Crippen molar-refractivity contribution in [3.8, 4) is 0 Å². The highest BCUT2D eigenvalue weighted by atomic mass is 16.5. The normalized spacial score (nSPS) is 12.0. The van der Waals surface area contributed by atoms with E-state index in [1.807, 2.05) is 0 Å². The van der Waals surface area contributed by atoms with Gasteiger partial charge in [-0.1, -0.05) is 76.7 Å². The molecule has 0 aromatic carbocycles. The largest absolute Gasteiger partial charge is 0.356 e. The molecule has 0 aliphatic rings. The molecule has 0 unspecified atom stereocenters. The van der Waals surface area contributed by atoms with Crippen molar-refractivity contribution in [2.45, 2.75) is 129 Å². The number of carbonyl (C=O) groups is 2. The Morgan fingerprint density at radius 1 is 0.548 bits per heavy atom. The molecule has 0 heterocycles. The Hall–Kier alpha value is -1.70. The van der Waals surface area contributed by atoms with E-state index in [1.165, 1.54) is 57.8 Å². The van der Waals surface area contributed by atoms with E-state index in [9.17, 15) is 14.8 Å². The Labute approximate surface area is 261 Å². The van der Waals surface area contributed by atoms with Crippen molar-refractivity contribution in [1.29, 1.82) is 0 Å². The van der Waals surface area contributed by atoms with E-state index in [2.05, 4.69) is 69.9 Å². The van der Waals surface area contributed by atoms with E-state index in [0.717, 1.165) is 62.5 Å². The quantitative estimate of drug-likeness (QED) is 0.0417. The van der Waals surface area contributed by atoms with Crippen LogP contribution in [0.5, 0.6) is 0 Å². The number of unbranched alkanes of at least 4 members (excludes halogenated alkanes) is 10. The summed E-state index contributed by atoms with van der Waals surface area (Å²) in [6, 6.07) is 0. The molecule has 0 aliphatic carbocycles. The van der Waals surface area contributed by atoms with Crippen LogP contribution in [0, 0.1) is 0 Å². The fraction of sp³-hybridized carbons (Fsp3) is 0.829. The van der Waals surface area contributed by atoms with Gasteiger partial charge in [-0.15, -0.1) is 0 Å². The van der Waals surface area contributed by atoms with Crippen molar-refractivity contribution in [3.05, 3.63) is 24.3 Å². The Balaban J connectivity index is 0. The molecule has 0 bridgehead atoms. The fourth-order valence-electron chi connectivity index (χ4n) is 4.38. The molecule has 7 nitrogen and oxygen atoms in total. The van der Waals surface area contributed by atoms with E-state index in [1.54, 1.807) is 14.1 Å². The van der Waals surface area contributed by atoms with Crippen LogP contribution in [0.3, 0.4) is 0 Å². The molecule has 0 aromatic heterocycles. The second-order valence-corrected chi connectivity index (χ2v) is 13.1. The highest BCUT2D eigenvalue weighted by molar-refractivity contribution is 5.76. The molecule has 7 heteroatoms. The summed E-state index contributed by atoms with van der Waals surface area (Å²) >= 11 is 0. The van der Waals surface area contributed by atoms with Gasteiger partial charge in [0.15, 0.2) is 0 Å². The highest BCUT2D eigenvalue weighted by Crippen LogP contribution is 2.09. The van der Waals surface area contributed by atoms with Gasteiger partial charge in [0.2, 0.25) is 11.8 Å². The number of amides is 2. The van der Waals surface area contributed by atoms with Crippen molar-refractivity contribution in [3.63, 3.8) is 0 Å². The molecule has 0 rings (SSSR count). The number of hydrogen-bond acceptors (Lipinski definition) is 3. The lowest BCUT2D eigenvalue weighted by atomic mass is 10.1. The Bertz CT molecular complexity index is 621. The lowest BCUT2D eigenvalue weighted by molar-refractivity contribution is -1.07. The minimum absolute atomic E-state index is 0.0384. The summed E-state index contributed by atoms with van der Waals surface area (Å²) in [5.41, 5.74) is 0. The first-order valence-corrected chi connectivity index (χ1v) is 17.1. The van der Waals surface area contributed by atoms with Gasteiger partial charge in [-0.25, -0.2) is 5.21 Å². The molecular formula is C35H72N4O3+2. The maximum atomic E-state index is 11.6. The lowest BCUT2D eigenvalue weighted by Gasteiger charge is -2.23. The summed E-state index contributed by atoms with van der Waals surface area (Å²) in [5, 5.41) is 15.4. The number of hydrogen-bond donors (Lipinski definition) is 3. The predicted octanol–water partition coefficient (Wildman–Crippen LogP) is 7.55. The zero-order valence-corrected chi connectivity index (χ0v) is 29.0. The number of nitrogens with zero attached hydrogens (tertiary/aromatic N) is 2. The highest BCUT2D eigenvalue weighted by Gasteiger charge is 2.10. The van der Waals surface area contributed by atoms with Crippen LogP contribution in [-0.4, -0.2) is 87.6 Å². The summed E-state index contributed by atoms with van der Waals surface area (Å²) in [7, 11) is 10.0. The predicted molar refractivity (Wildman–Crippen MR) is 180 cm³/mol. The number of allylic oxidation sites excluding steroid dienone is 4. The summed E-state index contributed by atoms with van der Waals surface area (Å²) in [5.74, 6) is 0.367. The van der Waals surface area contributed by atoms with Gasteiger partial charge in [0.1, 0.15) is 6.54 Å². The Kier molecular flexibility index (Phi) is 29.7. The van der Waals surface area contributed by atoms with E-state index in [4.69, 9.17) is 0 Å². The third-order valence-electron chi connectivity index (χ3n) is 6.89. The topological polar surface area (TPSA) is 78.4 Å². The van der Waals surface area contributed by atoms with Crippen LogP contribution < -0.4 is 10.6 Å². The smallest absolute Gasteiger partial charge is 0.219 e. The van der Waals surface area contributed by atoms with Crippen molar-refractivity contribution < 1.29 is 23.9 Å². The molecule has 248 valence electrons. The van der Waals surface area contributed by atoms with Gasteiger partial charge < -0.3 is 15.1 Å².